The van der Waals surface area contributed by atoms with Gasteiger partial charge in [-0.3, -0.25) is 9.59 Å². The highest BCUT2D eigenvalue weighted by atomic mass is 32.2. The van der Waals surface area contributed by atoms with Gasteiger partial charge in [0.1, 0.15) is 0 Å². The van der Waals surface area contributed by atoms with Crippen LogP contribution < -0.4 is 0 Å². The number of hydrogen-bond donors (Lipinski definition) is 2. The molecule has 2 aliphatic heterocycles. The Labute approximate surface area is 222 Å². The normalized spacial score (nSPS) is 21.7. The van der Waals surface area contributed by atoms with Crippen molar-refractivity contribution in [3.05, 3.63) is 22.0 Å². The number of aliphatic hydroxyl groups is 2. The molecule has 0 amide bonds. The van der Waals surface area contributed by atoms with Gasteiger partial charge in [-0.2, -0.15) is 21.5 Å². The highest BCUT2D eigenvalue weighted by Crippen LogP contribution is 2.27. The van der Waals surface area contributed by atoms with E-state index in [1.165, 1.54) is 12.2 Å². The van der Waals surface area contributed by atoms with Crippen molar-refractivity contribution < 1.29 is 28.9 Å². The molecule has 206 valence electrons. The quantitative estimate of drug-likeness (QED) is 0.140. The molecule has 0 spiro atoms. The Morgan fingerprint density at radius 2 is 1.11 bits per heavy atom. The average molecular weight is 543 g/mol. The summed E-state index contributed by atoms with van der Waals surface area (Å²) in [5, 5.41) is 18.8. The molecule has 0 saturated carbocycles. The second-order valence-corrected chi connectivity index (χ2v) is 15.4. The molecule has 36 heavy (non-hydrogen) atoms. The predicted molar refractivity (Wildman–Crippen MR) is 152 cm³/mol. The summed E-state index contributed by atoms with van der Waals surface area (Å²) in [7, 11) is -3.51. The van der Waals surface area contributed by atoms with Crippen LogP contribution >= 0.6 is 0 Å². The molecule has 0 fully saturated rings. The second-order valence-electron chi connectivity index (χ2n) is 11.8. The molecule has 8 heteroatoms. The molecule has 2 heterocycles. The van der Waals surface area contributed by atoms with Gasteiger partial charge in [-0.05, 0) is 36.5 Å². The minimum Gasteiger partial charge on any atom is -0.646 e. The molecule has 0 aromatic carbocycles. The minimum absolute atomic E-state index is 0.0363. The fourth-order valence-electron chi connectivity index (χ4n) is 4.54. The van der Waals surface area contributed by atoms with Crippen molar-refractivity contribution in [2.45, 2.75) is 105 Å². The van der Waals surface area contributed by atoms with Crippen LogP contribution in [0.25, 0.3) is 0 Å². The summed E-state index contributed by atoms with van der Waals surface area (Å²) in [4.78, 5) is 27.4. The average Bonchev–Trinajstić information content (AvgIpc) is 2.82. The van der Waals surface area contributed by atoms with E-state index in [0.29, 0.717) is 40.4 Å². The third-order valence-electron chi connectivity index (χ3n) is 7.14. The summed E-state index contributed by atoms with van der Waals surface area (Å²) in [6, 6.07) is 0. The van der Waals surface area contributed by atoms with Crippen LogP contribution in [0.4, 0.5) is 0 Å². The molecule has 0 bridgehead atoms. The van der Waals surface area contributed by atoms with Crippen LogP contribution in [-0.4, -0.2) is 53.8 Å². The van der Waals surface area contributed by atoms with E-state index < -0.39 is 21.5 Å². The van der Waals surface area contributed by atoms with Gasteiger partial charge in [0.2, 0.25) is 0 Å². The largest absolute Gasteiger partial charge is 0.646 e. The van der Waals surface area contributed by atoms with Crippen LogP contribution in [0, 0.1) is 10.8 Å². The number of hydrogen-bond acceptors (Lipinski definition) is 6. The van der Waals surface area contributed by atoms with Gasteiger partial charge in [-0.15, -0.1) is 0 Å². The van der Waals surface area contributed by atoms with Crippen LogP contribution in [-0.2, 0) is 31.1 Å². The fourth-order valence-corrected chi connectivity index (χ4v) is 7.83. The maximum atomic E-state index is 13.2. The summed E-state index contributed by atoms with van der Waals surface area (Å²) < 4.78 is 26.3. The van der Waals surface area contributed by atoms with Crippen molar-refractivity contribution in [3.63, 3.8) is 0 Å². The van der Waals surface area contributed by atoms with E-state index in [4.69, 9.17) is 0 Å². The Bertz CT molecular complexity index is 916. The van der Waals surface area contributed by atoms with Gasteiger partial charge in [-0.25, -0.2) is 0 Å². The van der Waals surface area contributed by atoms with Gasteiger partial charge in [0, 0.05) is 51.0 Å². The van der Waals surface area contributed by atoms with Crippen LogP contribution in [0.15, 0.2) is 22.0 Å². The number of unbranched alkanes of at least 4 members (excludes halogenated alkanes) is 2. The lowest BCUT2D eigenvalue weighted by Crippen LogP contribution is -2.23. The van der Waals surface area contributed by atoms with Crippen LogP contribution in [0.2, 0.25) is 0 Å². The highest BCUT2D eigenvalue weighted by molar-refractivity contribution is 7.95. The van der Waals surface area contributed by atoms with E-state index in [-0.39, 0.29) is 48.5 Å². The van der Waals surface area contributed by atoms with Crippen LogP contribution in [0.1, 0.15) is 105 Å². The summed E-state index contributed by atoms with van der Waals surface area (Å²) in [6.07, 6.45) is 10.7. The number of ketones is 2. The first-order chi connectivity index (χ1) is 16.9. The van der Waals surface area contributed by atoms with Gasteiger partial charge in [-0.1, -0.05) is 40.5 Å². The summed E-state index contributed by atoms with van der Waals surface area (Å²) >= 11 is 0. The number of carbonyl (C=O) groups is 2. The van der Waals surface area contributed by atoms with Crippen molar-refractivity contribution in [2.24, 2.45) is 10.8 Å². The lowest BCUT2D eigenvalue weighted by atomic mass is 9.88. The summed E-state index contributed by atoms with van der Waals surface area (Å²) in [5.41, 5.74) is -0.265. The molecule has 2 unspecified atom stereocenters. The Morgan fingerprint density at radius 3 is 1.58 bits per heavy atom. The zero-order valence-electron chi connectivity index (χ0n) is 22.5. The van der Waals surface area contributed by atoms with Gasteiger partial charge < -0.3 is 19.3 Å². The monoisotopic (exact) mass is 542 g/mol. The molecule has 0 radical (unpaired) electrons. The molecule has 2 atom stereocenters. The third kappa shape index (κ3) is 10.1. The number of carbonyl (C=O) groups excluding carboxylic acids is 2. The molecule has 0 saturated heterocycles. The SMILES string of the molecule is CC(C)(CO)CCCCC1=CC(=O)CC(CCC2=CC(=O)CC(CCCCC(C)(C)CO)=[SH+]2[O-])=[SH+]1[O-]. The van der Waals surface area contributed by atoms with Gasteiger partial charge in [0.15, 0.2) is 11.6 Å². The molecular formula is C28H46O6S2. The van der Waals surface area contributed by atoms with E-state index in [2.05, 4.69) is 0 Å². The van der Waals surface area contributed by atoms with Crippen molar-refractivity contribution in [1.29, 1.82) is 0 Å². The first-order valence-electron chi connectivity index (χ1n) is 13.2. The highest BCUT2D eigenvalue weighted by Gasteiger charge is 2.25. The molecule has 0 aromatic heterocycles. The summed E-state index contributed by atoms with van der Waals surface area (Å²) in [5.74, 6) is -0.0767. The van der Waals surface area contributed by atoms with E-state index in [1.807, 2.05) is 27.7 Å². The zero-order chi connectivity index (χ0) is 26.9. The topological polar surface area (TPSA) is 121 Å². The fraction of sp³-hybridized carbons (Fsp3) is 0.714. The van der Waals surface area contributed by atoms with E-state index in [9.17, 15) is 28.9 Å². The summed E-state index contributed by atoms with van der Waals surface area (Å²) in [6.45, 7) is 8.32. The molecule has 0 aliphatic carbocycles. The minimum atomic E-state index is -1.76. The van der Waals surface area contributed by atoms with Gasteiger partial charge in [0.25, 0.3) is 0 Å². The Balaban J connectivity index is 1.97. The van der Waals surface area contributed by atoms with Crippen LogP contribution in [0.5, 0.6) is 0 Å². The standard InChI is InChI=1S/C28H46O6S2/c1-27(2,19-29)13-7-5-9-23-15-21(31)17-25(35(23)33)11-12-26-18-22(32)16-24(36(26)34)10-6-8-14-28(3,4)20-30/h15,18,29-30,35-36H,5-14,16-17,19-20H2,1-4H3. The van der Waals surface area contributed by atoms with E-state index in [1.54, 1.807) is 0 Å². The Hall–Kier alpha value is -0.900. The van der Waals surface area contributed by atoms with Crippen molar-refractivity contribution >= 4 is 42.8 Å². The van der Waals surface area contributed by atoms with Crippen molar-refractivity contribution in [2.75, 3.05) is 13.2 Å². The van der Waals surface area contributed by atoms with Gasteiger partial charge >= 0.3 is 0 Å². The Morgan fingerprint density at radius 1 is 0.694 bits per heavy atom. The smallest absolute Gasteiger partial charge is 0.168 e. The Kier molecular flexibility index (Phi) is 12.4. The molecule has 2 rings (SSSR count). The maximum absolute atomic E-state index is 13.2. The number of allylic oxidation sites excluding steroid dienone is 4. The third-order valence-corrected chi connectivity index (χ3v) is 10.8. The zero-order valence-corrected chi connectivity index (χ0v) is 24.3. The van der Waals surface area contributed by atoms with Crippen LogP contribution in [0.3, 0.4) is 0 Å². The predicted octanol–water partition coefficient (Wildman–Crippen LogP) is 3.94. The lowest BCUT2D eigenvalue weighted by Gasteiger charge is -2.23. The lowest BCUT2D eigenvalue weighted by molar-refractivity contribution is -0.114. The second kappa shape index (κ2) is 14.3. The maximum Gasteiger partial charge on any atom is 0.168 e. The van der Waals surface area contributed by atoms with Crippen molar-refractivity contribution in [1.82, 2.24) is 0 Å². The van der Waals surface area contributed by atoms with E-state index >= 15 is 0 Å². The van der Waals surface area contributed by atoms with Gasteiger partial charge in [0.05, 0.1) is 32.4 Å². The molecule has 6 nitrogen and oxygen atoms in total. The molecule has 0 aromatic rings. The van der Waals surface area contributed by atoms with Crippen molar-refractivity contribution in [3.8, 4) is 0 Å². The van der Waals surface area contributed by atoms with E-state index in [0.717, 1.165) is 43.4 Å². The number of thiol groups is 2. The first-order valence-corrected chi connectivity index (χ1v) is 15.7. The first kappa shape index (κ1) is 31.3. The number of rotatable bonds is 15. The molecule has 2 aliphatic rings. The molecule has 2 N–H and O–H groups in total. The number of aliphatic hydroxyl groups excluding tert-OH is 2. The molecular weight excluding hydrogens is 496 g/mol.